The number of aryl methyl sites for hydroxylation is 1. The second kappa shape index (κ2) is 8.46. The van der Waals surface area contributed by atoms with Gasteiger partial charge in [0.15, 0.2) is 22.5 Å². The van der Waals surface area contributed by atoms with E-state index >= 15 is 0 Å². The molecule has 152 valence electrons. The first-order valence-corrected chi connectivity index (χ1v) is 8.32. The summed E-state index contributed by atoms with van der Waals surface area (Å²) in [6.45, 7) is 0. The summed E-state index contributed by atoms with van der Waals surface area (Å²) in [6, 6.07) is 6.42. The highest BCUT2D eigenvalue weighted by atomic mass is 32.2. The highest BCUT2D eigenvalue weighted by Gasteiger charge is 2.37. The van der Waals surface area contributed by atoms with Gasteiger partial charge in [-0.15, -0.1) is 0 Å². The van der Waals surface area contributed by atoms with Crippen LogP contribution in [0.4, 0.5) is 32.0 Å². The third-order valence-electron chi connectivity index (χ3n) is 3.01. The number of pyridine rings is 1. The maximum Gasteiger partial charge on any atom is 0.485 e. The van der Waals surface area contributed by atoms with Crippen molar-refractivity contribution in [3.05, 3.63) is 58.7 Å². The predicted molar refractivity (Wildman–Crippen MR) is 82.6 cm³/mol. The fourth-order valence-corrected chi connectivity index (χ4v) is 1.83. The molecule has 0 bridgehead atoms. The Morgan fingerprint density at radius 2 is 1.71 bits per heavy atom. The van der Waals surface area contributed by atoms with Crippen molar-refractivity contribution in [3.8, 4) is 11.1 Å². The first-order chi connectivity index (χ1) is 12.7. The minimum atomic E-state index is -6.09. The van der Waals surface area contributed by atoms with E-state index < -0.39 is 27.4 Å². The molecule has 0 fully saturated rings. The molecule has 0 atom stereocenters. The van der Waals surface area contributed by atoms with Gasteiger partial charge in [0.1, 0.15) is 7.05 Å². The molecule has 0 aliphatic heterocycles. The Morgan fingerprint density at radius 1 is 1.14 bits per heavy atom. The Balaban J connectivity index is 0.000000416. The zero-order valence-corrected chi connectivity index (χ0v) is 14.5. The van der Waals surface area contributed by atoms with Crippen molar-refractivity contribution in [2.45, 2.75) is 11.7 Å². The van der Waals surface area contributed by atoms with Crippen molar-refractivity contribution >= 4 is 15.8 Å². The molecule has 28 heavy (non-hydrogen) atoms. The summed E-state index contributed by atoms with van der Waals surface area (Å²) in [5, 5.41) is 3.44. The molecule has 2 rings (SSSR count). The summed E-state index contributed by atoms with van der Waals surface area (Å²) in [6.07, 6.45) is -1.03. The molecule has 0 aliphatic rings. The summed E-state index contributed by atoms with van der Waals surface area (Å²) in [5.74, 6) is 0. The number of halogens is 6. The summed E-state index contributed by atoms with van der Waals surface area (Å²) < 4.78 is 98.9. The van der Waals surface area contributed by atoms with Gasteiger partial charge >= 0.3 is 11.7 Å². The minimum Gasteiger partial charge on any atom is -0.741 e. The molecular weight excluding hydrogens is 418 g/mol. The molecule has 2 aromatic rings. The van der Waals surface area contributed by atoms with Crippen molar-refractivity contribution in [2.24, 2.45) is 12.2 Å². The molecule has 1 heterocycles. The van der Waals surface area contributed by atoms with E-state index in [0.717, 1.165) is 12.1 Å². The molecule has 0 radical (unpaired) electrons. The van der Waals surface area contributed by atoms with E-state index in [0.29, 0.717) is 5.56 Å². The van der Waals surface area contributed by atoms with Crippen LogP contribution in [0.25, 0.3) is 21.6 Å². The van der Waals surface area contributed by atoms with Gasteiger partial charge < -0.3 is 4.55 Å². The highest BCUT2D eigenvalue weighted by molar-refractivity contribution is 7.86. The van der Waals surface area contributed by atoms with Crippen LogP contribution in [0.15, 0.2) is 47.8 Å². The Bertz CT molecular complexity index is 999. The van der Waals surface area contributed by atoms with E-state index in [4.69, 9.17) is 18.5 Å². The van der Waals surface area contributed by atoms with Gasteiger partial charge in [-0.05, 0) is 29.3 Å². The van der Waals surface area contributed by atoms with Gasteiger partial charge in [-0.25, -0.2) is 13.0 Å². The molecule has 14 heteroatoms. The molecule has 1 aromatic carbocycles. The fourth-order valence-electron chi connectivity index (χ4n) is 1.83. The normalized spacial score (nSPS) is 11.9. The molecule has 7 nitrogen and oxygen atoms in total. The first-order valence-electron chi connectivity index (χ1n) is 6.91. The topological polar surface area (TPSA) is 110 Å². The second-order valence-corrected chi connectivity index (χ2v) is 6.45. The van der Waals surface area contributed by atoms with Crippen molar-refractivity contribution in [1.29, 1.82) is 0 Å². The maximum absolute atomic E-state index is 12.8. The predicted octanol–water partition coefficient (Wildman–Crippen LogP) is 4.19. The Morgan fingerprint density at radius 3 is 2.14 bits per heavy atom. The van der Waals surface area contributed by atoms with Crippen LogP contribution in [-0.4, -0.2) is 18.5 Å². The molecule has 0 N–H and O–H groups in total. The Hall–Kier alpha value is -2.83. The van der Waals surface area contributed by atoms with Crippen LogP contribution in [0.3, 0.4) is 0 Å². The lowest BCUT2D eigenvalue weighted by molar-refractivity contribution is -0.671. The van der Waals surface area contributed by atoms with Gasteiger partial charge in [0.25, 0.3) is 0 Å². The zero-order valence-electron chi connectivity index (χ0n) is 13.7. The lowest BCUT2D eigenvalue weighted by atomic mass is 10.0. The molecule has 1 aromatic heterocycles. The zero-order chi connectivity index (χ0) is 21.8. The number of azide groups is 1. The van der Waals surface area contributed by atoms with Crippen molar-refractivity contribution in [2.75, 3.05) is 0 Å². The average Bonchev–Trinajstić information content (AvgIpc) is 2.53. The molecule has 0 aliphatic carbocycles. The lowest BCUT2D eigenvalue weighted by Crippen LogP contribution is -2.26. The highest BCUT2D eigenvalue weighted by Crippen LogP contribution is 2.37. The standard InChI is InChI=1S/C13H10F3N4.CHF3O3S/c1-20-6-2-3-9(8-20)11-7-10(13(14,15)16)4-5-12(11)18-19-17;2-1(3,4)8(5,6)7/h2-8H,1H3;(H,5,6,7)/q+1;/p-1. The Kier molecular flexibility index (Phi) is 7.01. The van der Waals surface area contributed by atoms with Gasteiger partial charge in [-0.1, -0.05) is 11.2 Å². The van der Waals surface area contributed by atoms with Crippen LogP contribution < -0.4 is 4.57 Å². The fraction of sp³-hybridized carbons (Fsp3) is 0.214. The average molecular weight is 428 g/mol. The number of rotatable bonds is 2. The van der Waals surface area contributed by atoms with Crippen molar-refractivity contribution < 1.29 is 43.9 Å². The van der Waals surface area contributed by atoms with Gasteiger partial charge in [0, 0.05) is 22.2 Å². The van der Waals surface area contributed by atoms with Gasteiger partial charge in [-0.3, -0.25) is 0 Å². The minimum absolute atomic E-state index is 0.159. The molecule has 0 saturated heterocycles. The number of benzene rings is 1. The van der Waals surface area contributed by atoms with E-state index in [2.05, 4.69) is 10.0 Å². The van der Waals surface area contributed by atoms with Crippen LogP contribution in [0.5, 0.6) is 0 Å². The summed E-state index contributed by atoms with van der Waals surface area (Å²) in [4.78, 5) is 2.64. The van der Waals surface area contributed by atoms with Crippen LogP contribution in [0.1, 0.15) is 5.56 Å². The van der Waals surface area contributed by atoms with E-state index in [-0.39, 0.29) is 11.3 Å². The maximum atomic E-state index is 12.8. The largest absolute Gasteiger partial charge is 0.741 e. The third kappa shape index (κ3) is 6.40. The quantitative estimate of drug-likeness (QED) is 0.136. The number of alkyl halides is 6. The third-order valence-corrected chi connectivity index (χ3v) is 3.58. The number of aromatic nitrogens is 1. The van der Waals surface area contributed by atoms with Gasteiger partial charge in [-0.2, -0.15) is 26.3 Å². The van der Waals surface area contributed by atoms with Crippen LogP contribution in [0.2, 0.25) is 0 Å². The van der Waals surface area contributed by atoms with Crippen molar-refractivity contribution in [3.63, 3.8) is 0 Å². The Labute approximate surface area is 154 Å². The molecule has 0 unspecified atom stereocenters. The van der Waals surface area contributed by atoms with E-state index in [1.165, 1.54) is 6.07 Å². The van der Waals surface area contributed by atoms with E-state index in [1.807, 2.05) is 0 Å². The van der Waals surface area contributed by atoms with E-state index in [9.17, 15) is 26.3 Å². The van der Waals surface area contributed by atoms with Crippen molar-refractivity contribution in [1.82, 2.24) is 0 Å². The van der Waals surface area contributed by atoms with Crippen LogP contribution >= 0.6 is 0 Å². The summed E-state index contributed by atoms with van der Waals surface area (Å²) >= 11 is 0. The summed E-state index contributed by atoms with van der Waals surface area (Å²) in [7, 11) is -4.34. The summed E-state index contributed by atoms with van der Waals surface area (Å²) in [5.41, 5.74) is 3.03. The molecule has 0 spiro atoms. The second-order valence-electron chi connectivity index (χ2n) is 5.08. The van der Waals surface area contributed by atoms with Crippen LogP contribution in [0, 0.1) is 0 Å². The SMILES string of the molecule is C[n+]1cccc(-c2cc(C(F)(F)F)ccc2N=[N+]=[N-])c1.O=S(=O)([O-])C(F)(F)F. The smallest absolute Gasteiger partial charge is 0.485 e. The molecule has 0 amide bonds. The molecular formula is C14H10F6N4O3S. The van der Waals surface area contributed by atoms with Gasteiger partial charge in [0.2, 0.25) is 0 Å². The van der Waals surface area contributed by atoms with E-state index in [1.54, 1.807) is 36.1 Å². The van der Waals surface area contributed by atoms with Crippen LogP contribution in [-0.2, 0) is 23.3 Å². The van der Waals surface area contributed by atoms with Gasteiger partial charge in [0.05, 0.1) is 5.56 Å². The molecule has 0 saturated carbocycles. The number of nitrogens with zero attached hydrogens (tertiary/aromatic N) is 4. The number of hydrogen-bond acceptors (Lipinski definition) is 4. The number of hydrogen-bond donors (Lipinski definition) is 0. The first kappa shape index (κ1) is 23.2. The monoisotopic (exact) mass is 428 g/mol. The lowest BCUT2D eigenvalue weighted by Gasteiger charge is -2.10.